The van der Waals surface area contributed by atoms with Crippen molar-refractivity contribution in [2.24, 2.45) is 7.05 Å². The maximum atomic E-state index is 13.5. The Morgan fingerprint density at radius 2 is 1.75 bits per heavy atom. The van der Waals surface area contributed by atoms with Crippen molar-refractivity contribution in [3.05, 3.63) is 78.7 Å². The molecule has 0 fully saturated rings. The van der Waals surface area contributed by atoms with Crippen molar-refractivity contribution < 1.29 is 12.8 Å². The molecule has 5 rings (SSSR count). The molecule has 0 amide bonds. The minimum atomic E-state index is -3.94. The first kappa shape index (κ1) is 23.4. The van der Waals surface area contributed by atoms with Gasteiger partial charge in [-0.1, -0.05) is 17.7 Å². The summed E-state index contributed by atoms with van der Waals surface area (Å²) in [6, 6.07) is 7.71. The van der Waals surface area contributed by atoms with E-state index in [9.17, 15) is 12.8 Å². The van der Waals surface area contributed by atoms with Gasteiger partial charge in [0.15, 0.2) is 11.5 Å². The number of hydrogen-bond donors (Lipinski definition) is 2. The molecule has 0 bridgehead atoms. The second kappa shape index (κ2) is 9.00. The number of benzene rings is 1. The summed E-state index contributed by atoms with van der Waals surface area (Å²) in [5, 5.41) is 6.68. The van der Waals surface area contributed by atoms with Crippen LogP contribution < -0.4 is 10.6 Å². The molecule has 4 aromatic heterocycles. The van der Waals surface area contributed by atoms with Crippen molar-refractivity contribution in [1.29, 1.82) is 0 Å². The minimum absolute atomic E-state index is 0.125. The number of rotatable bonds is 7. The van der Waals surface area contributed by atoms with Crippen molar-refractivity contribution in [2.45, 2.75) is 24.8 Å². The lowest BCUT2D eigenvalue weighted by Gasteiger charge is -2.15. The van der Waals surface area contributed by atoms with Crippen LogP contribution in [-0.4, -0.2) is 41.9 Å². The van der Waals surface area contributed by atoms with E-state index in [1.54, 1.807) is 54.3 Å². The number of fused-ring (bicyclic) bond motifs is 1. The molecule has 1 unspecified atom stereocenters. The molecule has 36 heavy (non-hydrogen) atoms. The molecule has 1 atom stereocenters. The molecule has 2 N–H and O–H groups in total. The highest BCUT2D eigenvalue weighted by Crippen LogP contribution is 2.29. The fourth-order valence-electron chi connectivity index (χ4n) is 3.57. The molecule has 5 aromatic rings. The van der Waals surface area contributed by atoms with Gasteiger partial charge >= 0.3 is 0 Å². The topological polar surface area (TPSA) is 133 Å². The molecule has 0 saturated heterocycles. The van der Waals surface area contributed by atoms with Crippen LogP contribution in [0, 0.1) is 12.7 Å². The second-order valence-electron chi connectivity index (χ2n) is 8.24. The fourth-order valence-corrected chi connectivity index (χ4v) is 4.87. The van der Waals surface area contributed by atoms with E-state index in [4.69, 9.17) is 0 Å². The average molecular weight is 508 g/mol. The Labute approximate surface area is 206 Å². The normalized spacial score (nSPS) is 12.6. The first-order valence-corrected chi connectivity index (χ1v) is 12.3. The molecule has 0 aliphatic heterocycles. The van der Waals surface area contributed by atoms with Crippen LogP contribution in [0.2, 0.25) is 0 Å². The largest absolute Gasteiger partial charge is 0.344 e. The van der Waals surface area contributed by atoms with Crippen molar-refractivity contribution in [3.8, 4) is 0 Å². The van der Waals surface area contributed by atoms with Crippen LogP contribution in [0.3, 0.4) is 0 Å². The number of anilines is 3. The summed E-state index contributed by atoms with van der Waals surface area (Å²) in [5.74, 6) is 0.769. The first-order valence-electron chi connectivity index (χ1n) is 10.9. The third-order valence-electron chi connectivity index (χ3n) is 5.41. The van der Waals surface area contributed by atoms with Gasteiger partial charge in [0.05, 0.1) is 35.0 Å². The number of nitrogens with zero attached hydrogens (tertiary/aromatic N) is 7. The zero-order valence-electron chi connectivity index (χ0n) is 19.6. The highest BCUT2D eigenvalue weighted by atomic mass is 32.2. The Bertz CT molecular complexity index is 1650. The van der Waals surface area contributed by atoms with Gasteiger partial charge in [0, 0.05) is 19.4 Å². The predicted molar refractivity (Wildman–Crippen MR) is 132 cm³/mol. The summed E-state index contributed by atoms with van der Waals surface area (Å²) in [6.07, 6.45) is 6.96. The van der Waals surface area contributed by atoms with Gasteiger partial charge < -0.3 is 15.2 Å². The van der Waals surface area contributed by atoms with E-state index in [1.165, 1.54) is 6.20 Å². The Hall–Kier alpha value is -4.39. The lowest BCUT2D eigenvalue weighted by molar-refractivity contribution is 0.588. The Kier molecular flexibility index (Phi) is 5.84. The van der Waals surface area contributed by atoms with Gasteiger partial charge in [-0.2, -0.15) is 9.97 Å². The van der Waals surface area contributed by atoms with Crippen molar-refractivity contribution >= 4 is 38.6 Å². The summed E-state index contributed by atoms with van der Waals surface area (Å²) >= 11 is 0. The molecule has 1 aromatic carbocycles. The molecule has 0 saturated carbocycles. The molecule has 4 heterocycles. The third-order valence-corrected chi connectivity index (χ3v) is 7.09. The third kappa shape index (κ3) is 4.47. The van der Waals surface area contributed by atoms with Crippen LogP contribution >= 0.6 is 0 Å². The highest BCUT2D eigenvalue weighted by molar-refractivity contribution is 7.90. The minimum Gasteiger partial charge on any atom is -0.344 e. The van der Waals surface area contributed by atoms with Gasteiger partial charge in [-0.05, 0) is 32.0 Å². The van der Waals surface area contributed by atoms with E-state index in [0.717, 1.165) is 21.9 Å². The lowest BCUT2D eigenvalue weighted by Crippen LogP contribution is -2.16. The summed E-state index contributed by atoms with van der Waals surface area (Å²) in [6.45, 7) is 3.64. The van der Waals surface area contributed by atoms with Gasteiger partial charge in [0.2, 0.25) is 5.95 Å². The number of imidazole rings is 1. The zero-order chi connectivity index (χ0) is 25.4. The summed E-state index contributed by atoms with van der Waals surface area (Å²) in [5.41, 5.74) is 1.11. The number of aryl methyl sites for hydroxylation is 2. The molecular formula is C23H22FN9O2S. The molecule has 0 aliphatic carbocycles. The Morgan fingerprint density at radius 1 is 1.03 bits per heavy atom. The van der Waals surface area contributed by atoms with Crippen LogP contribution in [0.4, 0.5) is 22.0 Å². The van der Waals surface area contributed by atoms with Gasteiger partial charge in [-0.3, -0.25) is 0 Å². The van der Waals surface area contributed by atoms with Crippen LogP contribution in [0.15, 0.2) is 66.3 Å². The van der Waals surface area contributed by atoms with Gasteiger partial charge in [0.1, 0.15) is 17.5 Å². The summed E-state index contributed by atoms with van der Waals surface area (Å²) < 4.78 is 43.1. The average Bonchev–Trinajstić information content (AvgIpc) is 3.46. The van der Waals surface area contributed by atoms with Gasteiger partial charge in [-0.25, -0.2) is 31.7 Å². The number of halogens is 1. The van der Waals surface area contributed by atoms with Crippen LogP contribution in [-0.2, 0) is 17.1 Å². The standard InChI is InChI=1S/C23H22FN9O2S/c1-14-4-6-17(7-5-14)36(34,35)33-9-8-18-21(29-19-12-32(3)13-27-19)30-23(31-22(18)33)28-15(2)20-25-10-16(24)11-26-20/h4-13,15H,1-3H3,(H2,28,29,30,31). The molecule has 0 aliphatic rings. The van der Waals surface area contributed by atoms with E-state index < -0.39 is 21.9 Å². The molecule has 184 valence electrons. The van der Waals surface area contributed by atoms with Crippen molar-refractivity contribution in [2.75, 3.05) is 10.6 Å². The van der Waals surface area contributed by atoms with Crippen molar-refractivity contribution in [3.63, 3.8) is 0 Å². The van der Waals surface area contributed by atoms with E-state index in [1.807, 2.05) is 14.0 Å². The maximum absolute atomic E-state index is 13.5. The number of hydrogen-bond acceptors (Lipinski definition) is 9. The number of aromatic nitrogens is 7. The Morgan fingerprint density at radius 3 is 2.42 bits per heavy atom. The van der Waals surface area contributed by atoms with E-state index in [-0.39, 0.29) is 16.5 Å². The summed E-state index contributed by atoms with van der Waals surface area (Å²) in [4.78, 5) is 21.4. The molecular weight excluding hydrogens is 485 g/mol. The quantitative estimate of drug-likeness (QED) is 0.339. The SMILES string of the molecule is Cc1ccc(S(=O)(=O)n2ccc3c(Nc4cn(C)cn4)nc(NC(C)c4ncc(F)cn4)nc32)cc1. The van der Waals surface area contributed by atoms with E-state index in [0.29, 0.717) is 22.8 Å². The lowest BCUT2D eigenvalue weighted by atomic mass is 10.2. The van der Waals surface area contributed by atoms with Crippen LogP contribution in [0.25, 0.3) is 11.0 Å². The molecule has 13 heteroatoms. The molecule has 0 spiro atoms. The number of nitrogens with one attached hydrogen (secondary N) is 2. The van der Waals surface area contributed by atoms with E-state index >= 15 is 0 Å². The molecule has 11 nitrogen and oxygen atoms in total. The molecule has 0 radical (unpaired) electrons. The second-order valence-corrected chi connectivity index (χ2v) is 10.1. The highest BCUT2D eigenvalue weighted by Gasteiger charge is 2.23. The van der Waals surface area contributed by atoms with E-state index in [2.05, 4.69) is 35.6 Å². The predicted octanol–water partition coefficient (Wildman–Crippen LogP) is 3.56. The maximum Gasteiger partial charge on any atom is 0.269 e. The fraction of sp³-hybridized carbons (Fsp3) is 0.174. The van der Waals surface area contributed by atoms with Crippen LogP contribution in [0.5, 0.6) is 0 Å². The summed E-state index contributed by atoms with van der Waals surface area (Å²) in [7, 11) is -2.11. The smallest absolute Gasteiger partial charge is 0.269 e. The van der Waals surface area contributed by atoms with Gasteiger partial charge in [0.25, 0.3) is 10.0 Å². The van der Waals surface area contributed by atoms with Crippen molar-refractivity contribution in [1.82, 2.24) is 33.5 Å². The monoisotopic (exact) mass is 507 g/mol. The Balaban J connectivity index is 1.61. The van der Waals surface area contributed by atoms with Crippen LogP contribution in [0.1, 0.15) is 24.4 Å². The van der Waals surface area contributed by atoms with Gasteiger partial charge in [-0.15, -0.1) is 0 Å². The first-order chi connectivity index (χ1) is 17.2. The zero-order valence-corrected chi connectivity index (χ0v) is 20.4.